The summed E-state index contributed by atoms with van der Waals surface area (Å²) < 4.78 is 0.909. The van der Waals surface area contributed by atoms with E-state index < -0.39 is 0 Å². The van der Waals surface area contributed by atoms with Gasteiger partial charge in [-0.15, -0.1) is 0 Å². The van der Waals surface area contributed by atoms with Gasteiger partial charge in [0.05, 0.1) is 5.69 Å². The van der Waals surface area contributed by atoms with Crippen LogP contribution in [0.15, 0.2) is 28.7 Å². The number of amides is 1. The van der Waals surface area contributed by atoms with Gasteiger partial charge in [-0.3, -0.25) is 4.79 Å². The predicted molar refractivity (Wildman–Crippen MR) is 66.8 cm³/mol. The Bertz CT molecular complexity index is 355. The number of nitrogens with one attached hydrogen (secondary N) is 1. The van der Waals surface area contributed by atoms with Gasteiger partial charge in [0.15, 0.2) is 0 Å². The molecule has 82 valence electrons. The first-order chi connectivity index (χ1) is 6.88. The Morgan fingerprint density at radius 2 is 1.93 bits per heavy atom. The Kier molecular flexibility index (Phi) is 3.91. The summed E-state index contributed by atoms with van der Waals surface area (Å²) in [7, 11) is 0. The molecule has 0 fully saturated rings. The van der Waals surface area contributed by atoms with Crippen molar-refractivity contribution in [1.82, 2.24) is 0 Å². The fourth-order valence-electron chi connectivity index (χ4n) is 1.24. The molecule has 1 aromatic carbocycles. The summed E-state index contributed by atoms with van der Waals surface area (Å²) in [5.41, 5.74) is 0.845. The van der Waals surface area contributed by atoms with Crippen molar-refractivity contribution in [2.24, 2.45) is 5.41 Å². The number of hydrogen-bond acceptors (Lipinski definition) is 1. The molecule has 0 aliphatic heterocycles. The molecule has 1 amide bonds. The van der Waals surface area contributed by atoms with Crippen LogP contribution in [0.5, 0.6) is 0 Å². The van der Waals surface area contributed by atoms with Crippen molar-refractivity contribution in [3.63, 3.8) is 0 Å². The zero-order valence-corrected chi connectivity index (χ0v) is 10.9. The van der Waals surface area contributed by atoms with Gasteiger partial charge in [-0.2, -0.15) is 0 Å². The highest BCUT2D eigenvalue weighted by atomic mass is 79.9. The second kappa shape index (κ2) is 4.79. The van der Waals surface area contributed by atoms with Crippen LogP contribution in [0.4, 0.5) is 5.69 Å². The van der Waals surface area contributed by atoms with Gasteiger partial charge in [-0.05, 0) is 33.5 Å². The second-order valence-electron chi connectivity index (χ2n) is 4.77. The molecule has 0 atom stereocenters. The summed E-state index contributed by atoms with van der Waals surface area (Å²) in [5.74, 6) is 0.0504. The van der Waals surface area contributed by atoms with Crippen LogP contribution in [-0.2, 0) is 4.79 Å². The molecule has 0 heterocycles. The van der Waals surface area contributed by atoms with Crippen LogP contribution in [0.3, 0.4) is 0 Å². The molecular weight excluding hydrogens is 254 g/mol. The number of para-hydroxylation sites is 1. The van der Waals surface area contributed by atoms with Crippen molar-refractivity contribution in [1.29, 1.82) is 0 Å². The van der Waals surface area contributed by atoms with Crippen LogP contribution in [0.2, 0.25) is 0 Å². The van der Waals surface area contributed by atoms with Gasteiger partial charge in [0.1, 0.15) is 0 Å². The van der Waals surface area contributed by atoms with E-state index in [1.165, 1.54) is 0 Å². The lowest BCUT2D eigenvalue weighted by molar-refractivity contribution is -0.117. The first-order valence-corrected chi connectivity index (χ1v) is 5.72. The van der Waals surface area contributed by atoms with Crippen LogP contribution < -0.4 is 5.32 Å². The number of hydrogen-bond donors (Lipinski definition) is 1. The second-order valence-corrected chi connectivity index (χ2v) is 5.62. The zero-order chi connectivity index (χ0) is 11.5. The smallest absolute Gasteiger partial charge is 0.224 e. The third kappa shape index (κ3) is 4.47. The fourth-order valence-corrected chi connectivity index (χ4v) is 1.62. The number of benzene rings is 1. The van der Waals surface area contributed by atoms with Crippen molar-refractivity contribution < 1.29 is 4.79 Å². The third-order valence-corrected chi connectivity index (χ3v) is 2.53. The molecule has 0 aliphatic rings. The van der Waals surface area contributed by atoms with Gasteiger partial charge in [-0.25, -0.2) is 0 Å². The highest BCUT2D eigenvalue weighted by Gasteiger charge is 2.16. The van der Waals surface area contributed by atoms with E-state index >= 15 is 0 Å². The lowest BCUT2D eigenvalue weighted by Crippen LogP contribution is -2.19. The molecule has 0 aliphatic carbocycles. The average Bonchev–Trinajstić information content (AvgIpc) is 2.05. The maximum Gasteiger partial charge on any atom is 0.224 e. The van der Waals surface area contributed by atoms with E-state index in [2.05, 4.69) is 21.2 Å². The van der Waals surface area contributed by atoms with Gasteiger partial charge in [0.25, 0.3) is 0 Å². The van der Waals surface area contributed by atoms with Crippen molar-refractivity contribution >= 4 is 27.5 Å². The minimum absolute atomic E-state index is 0.0192. The number of carbonyl (C=O) groups is 1. The van der Waals surface area contributed by atoms with E-state index in [0.29, 0.717) is 6.42 Å². The quantitative estimate of drug-likeness (QED) is 0.869. The van der Waals surface area contributed by atoms with Crippen LogP contribution in [0.25, 0.3) is 0 Å². The monoisotopic (exact) mass is 269 g/mol. The summed E-state index contributed by atoms with van der Waals surface area (Å²) in [4.78, 5) is 11.6. The summed E-state index contributed by atoms with van der Waals surface area (Å²) in [6.07, 6.45) is 0.522. The molecule has 0 radical (unpaired) electrons. The summed E-state index contributed by atoms with van der Waals surface area (Å²) in [6.45, 7) is 6.14. The number of rotatable bonds is 2. The average molecular weight is 270 g/mol. The first kappa shape index (κ1) is 12.2. The van der Waals surface area contributed by atoms with E-state index in [0.717, 1.165) is 10.2 Å². The van der Waals surface area contributed by atoms with Crippen molar-refractivity contribution in [3.8, 4) is 0 Å². The number of anilines is 1. The van der Waals surface area contributed by atoms with E-state index in [9.17, 15) is 4.79 Å². The molecule has 1 aromatic rings. The normalized spacial score (nSPS) is 11.2. The highest BCUT2D eigenvalue weighted by molar-refractivity contribution is 9.10. The Balaban J connectivity index is 2.64. The van der Waals surface area contributed by atoms with Gasteiger partial charge < -0.3 is 5.32 Å². The maximum atomic E-state index is 11.6. The van der Waals surface area contributed by atoms with Crippen molar-refractivity contribution in [3.05, 3.63) is 28.7 Å². The molecule has 0 aromatic heterocycles. The van der Waals surface area contributed by atoms with E-state index in [4.69, 9.17) is 0 Å². The standard InChI is InChI=1S/C12H16BrNO/c1-12(2,3)8-11(15)14-10-7-5-4-6-9(10)13/h4-7H,8H2,1-3H3,(H,14,15). The van der Waals surface area contributed by atoms with Crippen LogP contribution in [-0.4, -0.2) is 5.91 Å². The lowest BCUT2D eigenvalue weighted by Gasteiger charge is -2.17. The van der Waals surface area contributed by atoms with Gasteiger partial charge in [-0.1, -0.05) is 32.9 Å². The Hall–Kier alpha value is -0.830. The summed E-state index contributed by atoms with van der Waals surface area (Å²) >= 11 is 3.39. The Morgan fingerprint density at radius 1 is 1.33 bits per heavy atom. The molecular formula is C12H16BrNO. The molecule has 0 unspecified atom stereocenters. The van der Waals surface area contributed by atoms with E-state index in [1.54, 1.807) is 0 Å². The minimum atomic E-state index is 0.0192. The topological polar surface area (TPSA) is 29.1 Å². The minimum Gasteiger partial charge on any atom is -0.325 e. The Labute approximate surface area is 99.2 Å². The SMILES string of the molecule is CC(C)(C)CC(=O)Nc1ccccc1Br. The van der Waals surface area contributed by atoms with Crippen molar-refractivity contribution in [2.45, 2.75) is 27.2 Å². The highest BCUT2D eigenvalue weighted by Crippen LogP contribution is 2.23. The molecule has 3 heteroatoms. The maximum absolute atomic E-state index is 11.6. The molecule has 0 saturated heterocycles. The molecule has 0 saturated carbocycles. The molecule has 0 bridgehead atoms. The van der Waals surface area contributed by atoms with Gasteiger partial charge in [0.2, 0.25) is 5.91 Å². The van der Waals surface area contributed by atoms with E-state index in [-0.39, 0.29) is 11.3 Å². The van der Waals surface area contributed by atoms with Gasteiger partial charge in [0, 0.05) is 10.9 Å². The summed E-state index contributed by atoms with van der Waals surface area (Å²) in [6, 6.07) is 7.61. The van der Waals surface area contributed by atoms with Crippen LogP contribution in [0, 0.1) is 5.41 Å². The summed E-state index contributed by atoms with van der Waals surface area (Å²) in [5, 5.41) is 2.88. The number of carbonyl (C=O) groups excluding carboxylic acids is 1. The molecule has 1 N–H and O–H groups in total. The molecule has 1 rings (SSSR count). The lowest BCUT2D eigenvalue weighted by atomic mass is 9.92. The zero-order valence-electron chi connectivity index (χ0n) is 9.30. The Morgan fingerprint density at radius 3 is 2.47 bits per heavy atom. The largest absolute Gasteiger partial charge is 0.325 e. The van der Waals surface area contributed by atoms with Gasteiger partial charge >= 0.3 is 0 Å². The number of halogens is 1. The molecule has 2 nitrogen and oxygen atoms in total. The van der Waals surface area contributed by atoms with Crippen LogP contribution in [0.1, 0.15) is 27.2 Å². The van der Waals surface area contributed by atoms with Crippen LogP contribution >= 0.6 is 15.9 Å². The van der Waals surface area contributed by atoms with E-state index in [1.807, 2.05) is 45.0 Å². The molecule has 15 heavy (non-hydrogen) atoms. The predicted octanol–water partition coefficient (Wildman–Crippen LogP) is 3.82. The third-order valence-electron chi connectivity index (χ3n) is 1.84. The van der Waals surface area contributed by atoms with Crippen molar-refractivity contribution in [2.75, 3.05) is 5.32 Å². The molecule has 0 spiro atoms. The first-order valence-electron chi connectivity index (χ1n) is 4.93. The fraction of sp³-hybridized carbons (Fsp3) is 0.417.